The Morgan fingerprint density at radius 1 is 1.00 bits per heavy atom. The maximum Gasteiger partial charge on any atom is 0.256 e. The second-order valence-electron chi connectivity index (χ2n) is 4.97. The van der Waals surface area contributed by atoms with Crippen LogP contribution >= 0.6 is 0 Å². The number of carbonyl (C=O) groups excluding carboxylic acids is 1. The first-order valence-corrected chi connectivity index (χ1v) is 8.36. The first-order chi connectivity index (χ1) is 9.80. The number of aryl methyl sites for hydroxylation is 1. The van der Waals surface area contributed by atoms with Gasteiger partial charge < -0.3 is 5.32 Å². The van der Waals surface area contributed by atoms with Crippen LogP contribution in [0.1, 0.15) is 21.5 Å². The molecule has 0 unspecified atom stereocenters. The van der Waals surface area contributed by atoms with Crippen LogP contribution in [0, 0.1) is 13.8 Å². The minimum atomic E-state index is -3.45. The molecule has 0 spiro atoms. The van der Waals surface area contributed by atoms with Crippen LogP contribution in [0.15, 0.2) is 47.4 Å². The fraction of sp³-hybridized carbons (Fsp3) is 0.188. The lowest BCUT2D eigenvalue weighted by Gasteiger charge is -2.12. The van der Waals surface area contributed by atoms with Gasteiger partial charge in [-0.25, -0.2) is 8.42 Å². The molecule has 0 saturated carbocycles. The molecule has 0 aromatic heterocycles. The van der Waals surface area contributed by atoms with Crippen molar-refractivity contribution < 1.29 is 13.2 Å². The molecular formula is C16H17NO3S. The summed E-state index contributed by atoms with van der Waals surface area (Å²) in [5, 5.41) is 2.78. The summed E-state index contributed by atoms with van der Waals surface area (Å²) in [7, 11) is -3.45. The molecule has 110 valence electrons. The molecule has 2 aromatic rings. The minimum absolute atomic E-state index is 0.0350. The number of sulfone groups is 1. The second kappa shape index (κ2) is 5.69. The SMILES string of the molecule is Cc1cccc(NC(=O)c2ccccc2S(C)(=O)=O)c1C. The third kappa shape index (κ3) is 3.31. The molecule has 1 amide bonds. The Morgan fingerprint density at radius 3 is 2.33 bits per heavy atom. The number of carbonyl (C=O) groups is 1. The van der Waals surface area contributed by atoms with Gasteiger partial charge in [0.25, 0.3) is 5.91 Å². The van der Waals surface area contributed by atoms with Crippen LogP contribution < -0.4 is 5.32 Å². The van der Waals surface area contributed by atoms with E-state index in [9.17, 15) is 13.2 Å². The summed E-state index contributed by atoms with van der Waals surface area (Å²) in [5.41, 5.74) is 2.86. The van der Waals surface area contributed by atoms with E-state index in [1.165, 1.54) is 12.1 Å². The van der Waals surface area contributed by atoms with Crippen molar-refractivity contribution in [2.45, 2.75) is 18.7 Å². The third-order valence-corrected chi connectivity index (χ3v) is 4.54. The highest BCUT2D eigenvalue weighted by atomic mass is 32.2. The zero-order valence-electron chi connectivity index (χ0n) is 12.2. The lowest BCUT2D eigenvalue weighted by molar-refractivity contribution is 0.102. The Morgan fingerprint density at radius 2 is 1.67 bits per heavy atom. The van der Waals surface area contributed by atoms with Crippen molar-refractivity contribution in [3.05, 3.63) is 59.2 Å². The number of benzene rings is 2. The molecule has 21 heavy (non-hydrogen) atoms. The predicted molar refractivity (Wildman–Crippen MR) is 83.4 cm³/mol. The van der Waals surface area contributed by atoms with Crippen LogP contribution in [0.5, 0.6) is 0 Å². The highest BCUT2D eigenvalue weighted by Gasteiger charge is 2.18. The van der Waals surface area contributed by atoms with Crippen molar-refractivity contribution in [2.75, 3.05) is 11.6 Å². The van der Waals surface area contributed by atoms with Crippen molar-refractivity contribution in [3.63, 3.8) is 0 Å². The van der Waals surface area contributed by atoms with E-state index in [1.807, 2.05) is 26.0 Å². The van der Waals surface area contributed by atoms with Gasteiger partial charge in [0.2, 0.25) is 0 Å². The standard InChI is InChI=1S/C16H17NO3S/c1-11-7-6-9-14(12(11)2)17-16(18)13-8-4-5-10-15(13)21(3,19)20/h4-10H,1-3H3,(H,17,18). The van der Waals surface area contributed by atoms with Crippen molar-refractivity contribution in [1.82, 2.24) is 0 Å². The summed E-state index contributed by atoms with van der Waals surface area (Å²) in [6.07, 6.45) is 1.09. The van der Waals surface area contributed by atoms with Crippen molar-refractivity contribution in [2.24, 2.45) is 0 Å². The monoisotopic (exact) mass is 303 g/mol. The van der Waals surface area contributed by atoms with Crippen LogP contribution in [-0.4, -0.2) is 20.6 Å². The number of amides is 1. The highest BCUT2D eigenvalue weighted by molar-refractivity contribution is 7.90. The van der Waals surface area contributed by atoms with E-state index in [-0.39, 0.29) is 10.5 Å². The lowest BCUT2D eigenvalue weighted by Crippen LogP contribution is -2.16. The van der Waals surface area contributed by atoms with E-state index in [0.717, 1.165) is 17.4 Å². The van der Waals surface area contributed by atoms with Gasteiger partial charge in [-0.2, -0.15) is 0 Å². The van der Waals surface area contributed by atoms with Gasteiger partial charge in [-0.3, -0.25) is 4.79 Å². The molecule has 2 rings (SSSR count). The molecule has 0 heterocycles. The number of anilines is 1. The Bertz CT molecular complexity index is 795. The molecule has 2 aromatic carbocycles. The Balaban J connectivity index is 2.41. The van der Waals surface area contributed by atoms with E-state index >= 15 is 0 Å². The number of hydrogen-bond donors (Lipinski definition) is 1. The van der Waals surface area contributed by atoms with Crippen molar-refractivity contribution in [3.8, 4) is 0 Å². The van der Waals surface area contributed by atoms with Crippen LogP contribution in [0.2, 0.25) is 0 Å². The number of nitrogens with one attached hydrogen (secondary N) is 1. The summed E-state index contributed by atoms with van der Waals surface area (Å²) in [6, 6.07) is 11.8. The first kappa shape index (κ1) is 15.3. The molecule has 0 bridgehead atoms. The van der Waals surface area contributed by atoms with E-state index in [4.69, 9.17) is 0 Å². The average molecular weight is 303 g/mol. The zero-order valence-corrected chi connectivity index (χ0v) is 13.0. The number of hydrogen-bond acceptors (Lipinski definition) is 3. The van der Waals surface area contributed by atoms with Gasteiger partial charge in [0.15, 0.2) is 9.84 Å². The van der Waals surface area contributed by atoms with Crippen molar-refractivity contribution >= 4 is 21.4 Å². The molecule has 1 N–H and O–H groups in total. The lowest BCUT2D eigenvalue weighted by atomic mass is 10.1. The molecule has 0 aliphatic carbocycles. The summed E-state index contributed by atoms with van der Waals surface area (Å²) in [4.78, 5) is 12.4. The summed E-state index contributed by atoms with van der Waals surface area (Å²) in [5.74, 6) is -0.426. The minimum Gasteiger partial charge on any atom is -0.322 e. The van der Waals surface area contributed by atoms with Gasteiger partial charge >= 0.3 is 0 Å². The summed E-state index contributed by atoms with van der Waals surface area (Å²) < 4.78 is 23.5. The van der Waals surface area contributed by atoms with Crippen LogP contribution in [0.3, 0.4) is 0 Å². The molecule has 0 aliphatic heterocycles. The van der Waals surface area contributed by atoms with Crippen LogP contribution in [0.4, 0.5) is 5.69 Å². The van der Waals surface area contributed by atoms with Gasteiger partial charge in [-0.15, -0.1) is 0 Å². The molecule has 0 saturated heterocycles. The molecule has 5 heteroatoms. The van der Waals surface area contributed by atoms with Crippen LogP contribution in [0.25, 0.3) is 0 Å². The van der Waals surface area contributed by atoms with Crippen molar-refractivity contribution in [1.29, 1.82) is 0 Å². The normalized spacial score (nSPS) is 11.2. The molecule has 0 atom stereocenters. The molecular weight excluding hydrogens is 286 g/mol. The summed E-state index contributed by atoms with van der Waals surface area (Å²) >= 11 is 0. The topological polar surface area (TPSA) is 63.2 Å². The molecule has 0 radical (unpaired) electrons. The largest absolute Gasteiger partial charge is 0.322 e. The first-order valence-electron chi connectivity index (χ1n) is 6.47. The maximum atomic E-state index is 12.4. The van der Waals surface area contributed by atoms with Gasteiger partial charge in [0.05, 0.1) is 10.5 Å². The quantitative estimate of drug-likeness (QED) is 0.948. The van der Waals surface area contributed by atoms with E-state index in [1.54, 1.807) is 18.2 Å². The fourth-order valence-electron chi connectivity index (χ4n) is 2.05. The average Bonchev–Trinajstić information content (AvgIpc) is 2.43. The molecule has 0 fully saturated rings. The Labute approximate surface area is 124 Å². The van der Waals surface area contributed by atoms with E-state index in [0.29, 0.717) is 5.69 Å². The van der Waals surface area contributed by atoms with Gasteiger partial charge in [0, 0.05) is 11.9 Å². The van der Waals surface area contributed by atoms with Gasteiger partial charge in [-0.1, -0.05) is 24.3 Å². The maximum absolute atomic E-state index is 12.4. The Hall–Kier alpha value is -2.14. The van der Waals surface area contributed by atoms with E-state index in [2.05, 4.69) is 5.32 Å². The molecule has 0 aliphatic rings. The molecule has 4 nitrogen and oxygen atoms in total. The highest BCUT2D eigenvalue weighted by Crippen LogP contribution is 2.21. The predicted octanol–water partition coefficient (Wildman–Crippen LogP) is 2.96. The fourth-order valence-corrected chi connectivity index (χ4v) is 2.94. The van der Waals surface area contributed by atoms with E-state index < -0.39 is 15.7 Å². The van der Waals surface area contributed by atoms with Gasteiger partial charge in [-0.05, 0) is 43.2 Å². The number of rotatable bonds is 3. The summed E-state index contributed by atoms with van der Waals surface area (Å²) in [6.45, 7) is 3.86. The third-order valence-electron chi connectivity index (χ3n) is 3.38. The zero-order chi connectivity index (χ0) is 15.6. The second-order valence-corrected chi connectivity index (χ2v) is 6.95. The Kier molecular flexibility index (Phi) is 4.14. The van der Waals surface area contributed by atoms with Gasteiger partial charge in [0.1, 0.15) is 0 Å². The smallest absolute Gasteiger partial charge is 0.256 e. The van der Waals surface area contributed by atoms with Crippen LogP contribution in [-0.2, 0) is 9.84 Å².